The maximum Gasteiger partial charge on any atom is 0.268 e. The Labute approximate surface area is 151 Å². The predicted octanol–water partition coefficient (Wildman–Crippen LogP) is 3.07. The summed E-state index contributed by atoms with van der Waals surface area (Å²) in [6, 6.07) is 13.5. The molecular weight excluding hydrogens is 333 g/mol. The molecule has 0 aliphatic rings. The number of benzene rings is 2. The average Bonchev–Trinajstić information content (AvgIpc) is 3.04. The van der Waals surface area contributed by atoms with Crippen LogP contribution in [0.4, 0.5) is 4.39 Å². The number of hydrogen-bond donors (Lipinski definition) is 3. The Morgan fingerprint density at radius 1 is 1.23 bits per heavy atom. The van der Waals surface area contributed by atoms with Gasteiger partial charge in [0.05, 0.1) is 6.61 Å². The lowest BCUT2D eigenvalue weighted by Crippen LogP contribution is -2.40. The molecule has 0 aliphatic heterocycles. The van der Waals surface area contributed by atoms with E-state index in [0.717, 1.165) is 22.0 Å². The Morgan fingerprint density at radius 2 is 1.96 bits per heavy atom. The Balaban J connectivity index is 1.91. The van der Waals surface area contributed by atoms with Crippen LogP contribution in [0.25, 0.3) is 22.0 Å². The molecule has 0 saturated heterocycles. The summed E-state index contributed by atoms with van der Waals surface area (Å²) in [6.45, 7) is 3.16. The first-order valence-electron chi connectivity index (χ1n) is 8.58. The molecule has 3 aromatic rings. The number of carbonyl (C=O) groups excluding carboxylic acids is 1. The normalized spacial score (nSPS) is 12.3. The third-order valence-electron chi connectivity index (χ3n) is 4.13. The van der Waals surface area contributed by atoms with Crippen LogP contribution >= 0.6 is 0 Å². The van der Waals surface area contributed by atoms with Crippen LogP contribution in [-0.2, 0) is 4.74 Å². The molecule has 0 spiro atoms. The van der Waals surface area contributed by atoms with E-state index < -0.39 is 0 Å². The number of aromatic nitrogens is 1. The highest BCUT2D eigenvalue weighted by molar-refractivity contribution is 6.09. The lowest BCUT2D eigenvalue weighted by molar-refractivity contribution is 0.0932. The highest BCUT2D eigenvalue weighted by Crippen LogP contribution is 2.32. The first-order chi connectivity index (χ1) is 12.6. The number of para-hydroxylation sites is 1. The minimum atomic E-state index is -0.318. The van der Waals surface area contributed by atoms with Crippen LogP contribution in [0.3, 0.4) is 0 Å². The molecule has 26 heavy (non-hydrogen) atoms. The number of aromatic amines is 1. The molecule has 1 atom stereocenters. The molecule has 2 aromatic carbocycles. The van der Waals surface area contributed by atoms with Crippen LogP contribution in [0.1, 0.15) is 17.4 Å². The van der Waals surface area contributed by atoms with Gasteiger partial charge in [-0.05, 0) is 30.7 Å². The van der Waals surface area contributed by atoms with Crippen molar-refractivity contribution in [1.29, 1.82) is 0 Å². The molecule has 136 valence electrons. The number of ether oxygens (including phenoxy) is 1. The van der Waals surface area contributed by atoms with Gasteiger partial charge in [-0.2, -0.15) is 0 Å². The van der Waals surface area contributed by atoms with Gasteiger partial charge in [0.25, 0.3) is 5.91 Å². The first-order valence-corrected chi connectivity index (χ1v) is 8.58. The third kappa shape index (κ3) is 3.92. The fourth-order valence-electron chi connectivity index (χ4n) is 2.87. The number of amides is 1. The average molecular weight is 355 g/mol. The third-order valence-corrected chi connectivity index (χ3v) is 4.13. The smallest absolute Gasteiger partial charge is 0.268 e. The second-order valence-electron chi connectivity index (χ2n) is 6.06. The summed E-state index contributed by atoms with van der Waals surface area (Å²) in [5, 5.41) is 3.75. The first kappa shape index (κ1) is 18.1. The summed E-state index contributed by atoms with van der Waals surface area (Å²) in [4.78, 5) is 15.9. The molecule has 0 saturated carbocycles. The van der Waals surface area contributed by atoms with E-state index in [9.17, 15) is 9.18 Å². The van der Waals surface area contributed by atoms with Crippen LogP contribution in [-0.4, -0.2) is 36.7 Å². The van der Waals surface area contributed by atoms with Crippen molar-refractivity contribution in [3.8, 4) is 11.1 Å². The minimum absolute atomic E-state index is 0.257. The summed E-state index contributed by atoms with van der Waals surface area (Å²) >= 11 is 0. The van der Waals surface area contributed by atoms with Crippen molar-refractivity contribution in [2.45, 2.75) is 13.0 Å². The Bertz CT molecular complexity index is 890. The summed E-state index contributed by atoms with van der Waals surface area (Å²) in [5.74, 6) is -0.575. The van der Waals surface area contributed by atoms with E-state index in [2.05, 4.69) is 10.3 Å². The zero-order valence-electron chi connectivity index (χ0n) is 14.6. The zero-order chi connectivity index (χ0) is 18.5. The van der Waals surface area contributed by atoms with E-state index in [1.165, 1.54) is 12.1 Å². The Hall–Kier alpha value is -2.70. The molecular formula is C20H22FN3O2. The highest BCUT2D eigenvalue weighted by Gasteiger charge is 2.19. The van der Waals surface area contributed by atoms with Gasteiger partial charge in [0.1, 0.15) is 11.5 Å². The van der Waals surface area contributed by atoms with Gasteiger partial charge in [-0.1, -0.05) is 30.3 Å². The van der Waals surface area contributed by atoms with Gasteiger partial charge in [-0.25, -0.2) is 4.39 Å². The highest BCUT2D eigenvalue weighted by atomic mass is 19.1. The van der Waals surface area contributed by atoms with Crippen molar-refractivity contribution >= 4 is 16.8 Å². The maximum atomic E-state index is 13.3. The van der Waals surface area contributed by atoms with E-state index >= 15 is 0 Å². The molecule has 0 bridgehead atoms. The number of hydrogen-bond acceptors (Lipinski definition) is 3. The van der Waals surface area contributed by atoms with Crippen molar-refractivity contribution in [3.63, 3.8) is 0 Å². The number of H-pyrrole nitrogens is 1. The van der Waals surface area contributed by atoms with Gasteiger partial charge >= 0.3 is 0 Å². The van der Waals surface area contributed by atoms with Gasteiger partial charge in [0.15, 0.2) is 0 Å². The second kappa shape index (κ2) is 8.12. The molecule has 1 aromatic heterocycles. The molecule has 0 unspecified atom stereocenters. The predicted molar refractivity (Wildman–Crippen MR) is 100 cm³/mol. The molecule has 1 amide bonds. The quantitative estimate of drug-likeness (QED) is 0.609. The minimum Gasteiger partial charge on any atom is -0.380 e. The molecule has 0 fully saturated rings. The molecule has 1 heterocycles. The second-order valence-corrected chi connectivity index (χ2v) is 6.06. The van der Waals surface area contributed by atoms with Gasteiger partial charge in [-0.15, -0.1) is 0 Å². The summed E-state index contributed by atoms with van der Waals surface area (Å²) in [6.07, 6.45) is 0. The van der Waals surface area contributed by atoms with Gasteiger partial charge in [0, 0.05) is 35.7 Å². The van der Waals surface area contributed by atoms with Gasteiger partial charge in [-0.3, -0.25) is 4.79 Å². The fourth-order valence-corrected chi connectivity index (χ4v) is 2.87. The number of halogens is 1. The largest absolute Gasteiger partial charge is 0.380 e. The van der Waals surface area contributed by atoms with Crippen LogP contribution in [0.5, 0.6) is 0 Å². The van der Waals surface area contributed by atoms with Crippen LogP contribution in [0, 0.1) is 5.82 Å². The van der Waals surface area contributed by atoms with E-state index in [0.29, 0.717) is 25.5 Å². The number of nitrogens with two attached hydrogens (primary N) is 1. The van der Waals surface area contributed by atoms with E-state index in [1.807, 2.05) is 31.2 Å². The SMILES string of the molecule is CCOC[C@H](N)CNC(=O)c1[nH]c2ccccc2c1-c1ccc(F)cc1. The lowest BCUT2D eigenvalue weighted by Gasteiger charge is -2.13. The molecule has 5 nitrogen and oxygen atoms in total. The fraction of sp³-hybridized carbons (Fsp3) is 0.250. The lowest BCUT2D eigenvalue weighted by atomic mass is 10.0. The maximum absolute atomic E-state index is 13.3. The van der Waals surface area contributed by atoms with Crippen LogP contribution < -0.4 is 11.1 Å². The Kier molecular flexibility index (Phi) is 5.65. The van der Waals surface area contributed by atoms with Crippen molar-refractivity contribution in [3.05, 3.63) is 60.0 Å². The molecule has 4 N–H and O–H groups in total. The topological polar surface area (TPSA) is 80.1 Å². The Morgan fingerprint density at radius 3 is 2.69 bits per heavy atom. The monoisotopic (exact) mass is 355 g/mol. The van der Waals surface area contributed by atoms with Crippen molar-refractivity contribution in [1.82, 2.24) is 10.3 Å². The van der Waals surface area contributed by atoms with E-state index in [4.69, 9.17) is 10.5 Å². The zero-order valence-corrected chi connectivity index (χ0v) is 14.6. The number of nitrogens with one attached hydrogen (secondary N) is 2. The van der Waals surface area contributed by atoms with E-state index in [1.54, 1.807) is 12.1 Å². The summed E-state index contributed by atoms with van der Waals surface area (Å²) in [5.41, 5.74) is 8.73. The standard InChI is InChI=1S/C20H22FN3O2/c1-2-26-12-15(22)11-23-20(25)19-18(13-7-9-14(21)10-8-13)16-5-3-4-6-17(16)24-19/h3-10,15,24H,2,11-12,22H2,1H3,(H,23,25)/t15-/m1/s1. The van der Waals surface area contributed by atoms with Crippen LogP contribution in [0.15, 0.2) is 48.5 Å². The number of fused-ring (bicyclic) bond motifs is 1. The molecule has 6 heteroatoms. The van der Waals surface area contributed by atoms with Crippen molar-refractivity contribution < 1.29 is 13.9 Å². The number of rotatable bonds is 7. The van der Waals surface area contributed by atoms with Crippen LogP contribution in [0.2, 0.25) is 0 Å². The van der Waals surface area contributed by atoms with E-state index in [-0.39, 0.29) is 17.8 Å². The number of carbonyl (C=O) groups is 1. The summed E-state index contributed by atoms with van der Waals surface area (Å²) < 4.78 is 18.6. The van der Waals surface area contributed by atoms with Gasteiger partial charge in [0.2, 0.25) is 0 Å². The van der Waals surface area contributed by atoms with Crippen molar-refractivity contribution in [2.24, 2.45) is 5.73 Å². The van der Waals surface area contributed by atoms with Gasteiger partial charge < -0.3 is 20.8 Å². The summed E-state index contributed by atoms with van der Waals surface area (Å²) in [7, 11) is 0. The van der Waals surface area contributed by atoms with Crippen molar-refractivity contribution in [2.75, 3.05) is 19.8 Å². The molecule has 3 rings (SSSR count). The molecule has 0 radical (unpaired) electrons. The molecule has 0 aliphatic carbocycles.